The fourth-order valence-electron chi connectivity index (χ4n) is 2.92. The zero-order chi connectivity index (χ0) is 15.2. The van der Waals surface area contributed by atoms with Gasteiger partial charge in [-0.15, -0.1) is 0 Å². The third-order valence-electron chi connectivity index (χ3n) is 4.08. The van der Waals surface area contributed by atoms with Crippen molar-refractivity contribution in [3.05, 3.63) is 33.8 Å². The van der Waals surface area contributed by atoms with Crippen molar-refractivity contribution in [3.8, 4) is 0 Å². The number of hydrogen-bond donors (Lipinski definition) is 1. The Labute approximate surface area is 136 Å². The molecule has 1 aliphatic heterocycles. The first-order chi connectivity index (χ1) is 10.1. The molecule has 116 valence electrons. The van der Waals surface area contributed by atoms with Gasteiger partial charge in [-0.25, -0.2) is 0 Å². The van der Waals surface area contributed by atoms with E-state index in [2.05, 4.69) is 28.2 Å². The Hall–Kier alpha value is -0.870. The lowest BCUT2D eigenvalue weighted by atomic mass is 9.98. The van der Waals surface area contributed by atoms with E-state index in [4.69, 9.17) is 0 Å². The standard InChI is InChI=1S/C17H25BrN2O/c1-3-10-20(12-14-7-5-9-19-11-14)17(21)15-8-4-6-13(2)16(15)18/h4,6,8,14,19H,3,5,7,9-12H2,1-2H3. The molecule has 21 heavy (non-hydrogen) atoms. The molecule has 4 heteroatoms. The minimum atomic E-state index is 0.151. The molecular weight excluding hydrogens is 328 g/mol. The zero-order valence-corrected chi connectivity index (χ0v) is 14.6. The van der Waals surface area contributed by atoms with Crippen LogP contribution in [0.1, 0.15) is 42.1 Å². The van der Waals surface area contributed by atoms with Gasteiger partial charge in [-0.1, -0.05) is 19.1 Å². The fourth-order valence-corrected chi connectivity index (χ4v) is 3.35. The summed E-state index contributed by atoms with van der Waals surface area (Å²) < 4.78 is 0.929. The molecule has 1 aliphatic rings. The Kier molecular flexibility index (Phi) is 6.24. The normalized spacial score (nSPS) is 18.5. The van der Waals surface area contributed by atoms with Crippen LogP contribution in [0.2, 0.25) is 0 Å². The van der Waals surface area contributed by atoms with Gasteiger partial charge in [0.05, 0.1) is 5.56 Å². The molecule has 1 heterocycles. The van der Waals surface area contributed by atoms with Crippen molar-refractivity contribution < 1.29 is 4.79 Å². The molecule has 2 rings (SSSR count). The molecule has 1 aromatic carbocycles. The smallest absolute Gasteiger partial charge is 0.255 e. The molecular formula is C17H25BrN2O. The first-order valence-corrected chi connectivity index (χ1v) is 8.68. The largest absolute Gasteiger partial charge is 0.338 e. The highest BCUT2D eigenvalue weighted by Crippen LogP contribution is 2.23. The van der Waals surface area contributed by atoms with E-state index < -0.39 is 0 Å². The molecule has 0 aromatic heterocycles. The van der Waals surface area contributed by atoms with Gasteiger partial charge in [0.1, 0.15) is 0 Å². The van der Waals surface area contributed by atoms with Gasteiger partial charge in [0, 0.05) is 17.6 Å². The Morgan fingerprint density at radius 2 is 2.29 bits per heavy atom. The fraction of sp³-hybridized carbons (Fsp3) is 0.588. The first kappa shape index (κ1) is 16.5. The molecule has 1 N–H and O–H groups in total. The van der Waals surface area contributed by atoms with Crippen molar-refractivity contribution in [2.75, 3.05) is 26.2 Å². The van der Waals surface area contributed by atoms with Crippen molar-refractivity contribution in [2.24, 2.45) is 5.92 Å². The van der Waals surface area contributed by atoms with E-state index in [1.165, 1.54) is 12.8 Å². The van der Waals surface area contributed by atoms with Crippen LogP contribution in [0, 0.1) is 12.8 Å². The molecule has 1 saturated heterocycles. The van der Waals surface area contributed by atoms with Crippen LogP contribution in [0.15, 0.2) is 22.7 Å². The molecule has 0 radical (unpaired) electrons. The maximum absolute atomic E-state index is 12.9. The summed E-state index contributed by atoms with van der Waals surface area (Å²) >= 11 is 3.57. The lowest BCUT2D eigenvalue weighted by Crippen LogP contribution is -2.41. The summed E-state index contributed by atoms with van der Waals surface area (Å²) in [6, 6.07) is 5.90. The van der Waals surface area contributed by atoms with Gasteiger partial charge in [0.2, 0.25) is 0 Å². The van der Waals surface area contributed by atoms with Gasteiger partial charge in [0.15, 0.2) is 0 Å². The number of nitrogens with one attached hydrogen (secondary N) is 1. The van der Waals surface area contributed by atoms with Gasteiger partial charge >= 0.3 is 0 Å². The van der Waals surface area contributed by atoms with Crippen LogP contribution in [0.25, 0.3) is 0 Å². The number of hydrogen-bond acceptors (Lipinski definition) is 2. The first-order valence-electron chi connectivity index (χ1n) is 7.88. The Morgan fingerprint density at radius 1 is 1.48 bits per heavy atom. The number of rotatable bonds is 5. The number of nitrogens with zero attached hydrogens (tertiary/aromatic N) is 1. The van der Waals surface area contributed by atoms with Crippen molar-refractivity contribution >= 4 is 21.8 Å². The third-order valence-corrected chi connectivity index (χ3v) is 5.13. The zero-order valence-electron chi connectivity index (χ0n) is 13.0. The molecule has 1 atom stereocenters. The number of amides is 1. The lowest BCUT2D eigenvalue weighted by Gasteiger charge is -2.30. The summed E-state index contributed by atoms with van der Waals surface area (Å²) in [6.45, 7) is 7.99. The van der Waals surface area contributed by atoms with Crippen LogP contribution in [-0.2, 0) is 0 Å². The average molecular weight is 353 g/mol. The van der Waals surface area contributed by atoms with Crippen LogP contribution in [0.5, 0.6) is 0 Å². The molecule has 0 bridgehead atoms. The van der Waals surface area contributed by atoms with E-state index in [1.807, 2.05) is 30.0 Å². The van der Waals surface area contributed by atoms with Crippen molar-refractivity contribution in [1.29, 1.82) is 0 Å². The van der Waals surface area contributed by atoms with Crippen molar-refractivity contribution in [1.82, 2.24) is 10.2 Å². The van der Waals surface area contributed by atoms with Gasteiger partial charge in [-0.05, 0) is 72.8 Å². The van der Waals surface area contributed by atoms with Gasteiger partial charge in [-0.3, -0.25) is 4.79 Å². The predicted octanol–water partition coefficient (Wildman–Crippen LogP) is 3.61. The van der Waals surface area contributed by atoms with Gasteiger partial charge in [-0.2, -0.15) is 0 Å². The molecule has 0 aliphatic carbocycles. The molecule has 1 fully saturated rings. The second-order valence-corrected chi connectivity index (χ2v) is 6.69. The van der Waals surface area contributed by atoms with Gasteiger partial charge in [0.25, 0.3) is 5.91 Å². The average Bonchev–Trinajstić information content (AvgIpc) is 2.50. The third kappa shape index (κ3) is 4.30. The highest BCUT2D eigenvalue weighted by Gasteiger charge is 2.22. The van der Waals surface area contributed by atoms with Crippen molar-refractivity contribution in [2.45, 2.75) is 33.1 Å². The number of carbonyl (C=O) groups excluding carboxylic acids is 1. The molecule has 1 amide bonds. The van der Waals surface area contributed by atoms with Gasteiger partial charge < -0.3 is 10.2 Å². The number of piperidine rings is 1. The van der Waals surface area contributed by atoms with Crippen LogP contribution in [0.3, 0.4) is 0 Å². The Bertz CT molecular complexity index is 484. The number of carbonyl (C=O) groups is 1. The van der Waals surface area contributed by atoms with Crippen LogP contribution >= 0.6 is 15.9 Å². The van der Waals surface area contributed by atoms with Crippen LogP contribution < -0.4 is 5.32 Å². The molecule has 0 spiro atoms. The van der Waals surface area contributed by atoms with Crippen LogP contribution in [-0.4, -0.2) is 37.0 Å². The van der Waals surface area contributed by atoms with E-state index in [9.17, 15) is 4.79 Å². The molecule has 1 aromatic rings. The van der Waals surface area contributed by atoms with E-state index in [-0.39, 0.29) is 5.91 Å². The summed E-state index contributed by atoms with van der Waals surface area (Å²) in [5.41, 5.74) is 1.89. The molecule has 3 nitrogen and oxygen atoms in total. The summed E-state index contributed by atoms with van der Waals surface area (Å²) in [6.07, 6.45) is 3.43. The minimum absolute atomic E-state index is 0.151. The predicted molar refractivity (Wildman–Crippen MR) is 90.7 cm³/mol. The number of benzene rings is 1. The topological polar surface area (TPSA) is 32.3 Å². The molecule has 0 saturated carbocycles. The monoisotopic (exact) mass is 352 g/mol. The highest BCUT2D eigenvalue weighted by molar-refractivity contribution is 9.10. The minimum Gasteiger partial charge on any atom is -0.338 e. The molecule has 1 unspecified atom stereocenters. The quantitative estimate of drug-likeness (QED) is 0.877. The second-order valence-electron chi connectivity index (χ2n) is 5.90. The SMILES string of the molecule is CCCN(CC1CCCNC1)C(=O)c1cccc(C)c1Br. The Balaban J connectivity index is 2.12. The maximum Gasteiger partial charge on any atom is 0.255 e. The Morgan fingerprint density at radius 3 is 2.95 bits per heavy atom. The lowest BCUT2D eigenvalue weighted by molar-refractivity contribution is 0.0718. The highest BCUT2D eigenvalue weighted by atomic mass is 79.9. The van der Waals surface area contributed by atoms with E-state index in [0.29, 0.717) is 5.92 Å². The van der Waals surface area contributed by atoms with Crippen molar-refractivity contribution in [3.63, 3.8) is 0 Å². The van der Waals surface area contributed by atoms with E-state index in [1.54, 1.807) is 0 Å². The summed E-state index contributed by atoms with van der Waals surface area (Å²) in [5.74, 6) is 0.732. The van der Waals surface area contributed by atoms with Crippen LogP contribution in [0.4, 0.5) is 0 Å². The summed E-state index contributed by atoms with van der Waals surface area (Å²) in [5, 5.41) is 3.43. The van der Waals surface area contributed by atoms with E-state index >= 15 is 0 Å². The summed E-state index contributed by atoms with van der Waals surface area (Å²) in [7, 11) is 0. The summed E-state index contributed by atoms with van der Waals surface area (Å²) in [4.78, 5) is 14.9. The maximum atomic E-state index is 12.9. The second kappa shape index (κ2) is 7.95. The van der Waals surface area contributed by atoms with E-state index in [0.717, 1.165) is 48.2 Å². The number of halogens is 1. The number of aryl methyl sites for hydroxylation is 1.